The van der Waals surface area contributed by atoms with E-state index in [4.69, 9.17) is 15.2 Å². The third-order valence-electron chi connectivity index (χ3n) is 5.41. The number of nitrogens with zero attached hydrogens (tertiary/aromatic N) is 1. The molecule has 7 heteroatoms. The van der Waals surface area contributed by atoms with Crippen LogP contribution in [-0.4, -0.2) is 43.5 Å². The summed E-state index contributed by atoms with van der Waals surface area (Å²) in [6, 6.07) is 12.1. The highest BCUT2D eigenvalue weighted by Gasteiger charge is 2.34. The Bertz CT molecular complexity index is 882. The molecule has 29 heavy (non-hydrogen) atoms. The van der Waals surface area contributed by atoms with Crippen molar-refractivity contribution in [2.75, 3.05) is 26.1 Å². The molecule has 1 aliphatic heterocycles. The fourth-order valence-electron chi connectivity index (χ4n) is 3.80. The van der Waals surface area contributed by atoms with Crippen molar-refractivity contribution in [3.8, 4) is 11.5 Å². The lowest BCUT2D eigenvalue weighted by atomic mass is 10.0. The number of carbonyl (C=O) groups is 2. The summed E-state index contributed by atoms with van der Waals surface area (Å²) in [5.74, 6) is 0.900. The van der Waals surface area contributed by atoms with Crippen molar-refractivity contribution >= 4 is 17.5 Å². The van der Waals surface area contributed by atoms with Gasteiger partial charge >= 0.3 is 0 Å². The van der Waals surface area contributed by atoms with Crippen LogP contribution in [0.2, 0.25) is 0 Å². The van der Waals surface area contributed by atoms with Gasteiger partial charge in [-0.1, -0.05) is 6.07 Å². The maximum Gasteiger partial charge on any atom is 0.248 e. The Labute approximate surface area is 170 Å². The van der Waals surface area contributed by atoms with Gasteiger partial charge in [0.1, 0.15) is 11.5 Å². The Morgan fingerprint density at radius 1 is 1.14 bits per heavy atom. The standard InChI is InChI=1S/C22H27N3O4/c1-14(22(27)24-16-8-6-15(7-9-16)21(23)26)25-12-4-5-19(25)18-11-10-17(28-2)13-20(18)29-3/h6-11,13-14,19H,4-5,12H2,1-3H3,(H2,23,26)(H,24,27)/t14-,19-/m1/s1. The summed E-state index contributed by atoms with van der Waals surface area (Å²) in [6.07, 6.45) is 1.96. The predicted octanol–water partition coefficient (Wildman–Crippen LogP) is 2.97. The number of anilines is 1. The maximum atomic E-state index is 12.9. The summed E-state index contributed by atoms with van der Waals surface area (Å²) >= 11 is 0. The fraction of sp³-hybridized carbons (Fsp3) is 0.364. The average Bonchev–Trinajstić information content (AvgIpc) is 3.22. The van der Waals surface area contributed by atoms with Gasteiger partial charge in [-0.15, -0.1) is 0 Å². The number of primary amides is 1. The highest BCUT2D eigenvalue weighted by molar-refractivity contribution is 5.96. The second-order valence-electron chi connectivity index (χ2n) is 7.11. The second-order valence-corrected chi connectivity index (χ2v) is 7.11. The molecule has 2 atom stereocenters. The van der Waals surface area contributed by atoms with Gasteiger partial charge in [-0.2, -0.15) is 0 Å². The molecule has 0 radical (unpaired) electrons. The van der Waals surface area contributed by atoms with E-state index in [1.54, 1.807) is 38.5 Å². The number of benzene rings is 2. The van der Waals surface area contributed by atoms with Crippen molar-refractivity contribution in [1.29, 1.82) is 0 Å². The normalized spacial score (nSPS) is 17.6. The number of hydrogen-bond donors (Lipinski definition) is 2. The molecular formula is C22H27N3O4. The molecule has 7 nitrogen and oxygen atoms in total. The first-order valence-corrected chi connectivity index (χ1v) is 9.63. The van der Waals surface area contributed by atoms with E-state index in [0.717, 1.165) is 36.4 Å². The van der Waals surface area contributed by atoms with Crippen LogP contribution in [0.4, 0.5) is 5.69 Å². The summed E-state index contributed by atoms with van der Waals surface area (Å²) in [5.41, 5.74) is 7.34. The number of likely N-dealkylation sites (tertiary alicyclic amines) is 1. The second kappa shape index (κ2) is 8.96. The van der Waals surface area contributed by atoms with E-state index in [9.17, 15) is 9.59 Å². The van der Waals surface area contributed by atoms with Gasteiger partial charge in [0.2, 0.25) is 11.8 Å². The number of carbonyl (C=O) groups excluding carboxylic acids is 2. The summed E-state index contributed by atoms with van der Waals surface area (Å²) in [7, 11) is 3.27. The molecule has 1 fully saturated rings. The first-order chi connectivity index (χ1) is 13.9. The largest absolute Gasteiger partial charge is 0.497 e. The van der Waals surface area contributed by atoms with E-state index in [1.165, 1.54) is 0 Å². The Kier molecular flexibility index (Phi) is 6.39. The van der Waals surface area contributed by atoms with Crippen LogP contribution in [0.25, 0.3) is 0 Å². The number of nitrogens with two attached hydrogens (primary N) is 1. The minimum atomic E-state index is -0.496. The highest BCUT2D eigenvalue weighted by Crippen LogP contribution is 2.39. The van der Waals surface area contributed by atoms with Gasteiger partial charge < -0.3 is 20.5 Å². The lowest BCUT2D eigenvalue weighted by molar-refractivity contribution is -0.121. The molecule has 2 aromatic rings. The van der Waals surface area contributed by atoms with Crippen LogP contribution in [0.5, 0.6) is 11.5 Å². The van der Waals surface area contributed by atoms with E-state index in [-0.39, 0.29) is 18.0 Å². The monoisotopic (exact) mass is 397 g/mol. The number of hydrogen-bond acceptors (Lipinski definition) is 5. The van der Waals surface area contributed by atoms with E-state index < -0.39 is 5.91 Å². The molecule has 1 aliphatic rings. The highest BCUT2D eigenvalue weighted by atomic mass is 16.5. The molecule has 1 heterocycles. The number of methoxy groups -OCH3 is 2. The lowest BCUT2D eigenvalue weighted by Gasteiger charge is -2.31. The third-order valence-corrected chi connectivity index (χ3v) is 5.41. The molecule has 3 N–H and O–H groups in total. The number of rotatable bonds is 7. The van der Waals surface area contributed by atoms with Gasteiger partial charge in [-0.3, -0.25) is 14.5 Å². The van der Waals surface area contributed by atoms with Gasteiger partial charge in [0, 0.05) is 28.9 Å². The van der Waals surface area contributed by atoms with Crippen LogP contribution in [0.15, 0.2) is 42.5 Å². The smallest absolute Gasteiger partial charge is 0.248 e. The number of nitrogens with one attached hydrogen (secondary N) is 1. The zero-order valence-corrected chi connectivity index (χ0v) is 17.0. The van der Waals surface area contributed by atoms with Gasteiger partial charge in [-0.25, -0.2) is 0 Å². The minimum absolute atomic E-state index is 0.0915. The van der Waals surface area contributed by atoms with Gasteiger partial charge in [-0.05, 0) is 56.6 Å². The van der Waals surface area contributed by atoms with Crippen LogP contribution < -0.4 is 20.5 Å². The van der Waals surface area contributed by atoms with E-state index in [1.807, 2.05) is 25.1 Å². The minimum Gasteiger partial charge on any atom is -0.497 e. The summed E-state index contributed by atoms with van der Waals surface area (Å²) in [4.78, 5) is 26.2. The molecule has 2 amide bonds. The number of ether oxygens (including phenoxy) is 2. The molecule has 1 saturated heterocycles. The fourth-order valence-corrected chi connectivity index (χ4v) is 3.80. The number of amides is 2. The van der Waals surface area contributed by atoms with E-state index in [2.05, 4.69) is 10.2 Å². The van der Waals surface area contributed by atoms with E-state index >= 15 is 0 Å². The van der Waals surface area contributed by atoms with Crippen molar-refractivity contribution in [3.63, 3.8) is 0 Å². The molecule has 3 rings (SSSR count). The lowest BCUT2D eigenvalue weighted by Crippen LogP contribution is -2.41. The molecule has 0 saturated carbocycles. The molecule has 2 aromatic carbocycles. The Hall–Kier alpha value is -3.06. The molecule has 0 spiro atoms. The van der Waals surface area contributed by atoms with Crippen molar-refractivity contribution in [2.45, 2.75) is 31.8 Å². The Balaban J connectivity index is 1.74. The molecule has 0 unspecified atom stereocenters. The SMILES string of the molecule is COc1ccc([C@H]2CCCN2[C@H](C)C(=O)Nc2ccc(C(N)=O)cc2)c(OC)c1. The van der Waals surface area contributed by atoms with Crippen LogP contribution in [0.3, 0.4) is 0 Å². The Morgan fingerprint density at radius 3 is 2.48 bits per heavy atom. The van der Waals surface area contributed by atoms with Crippen molar-refractivity contribution in [3.05, 3.63) is 53.6 Å². The molecule has 0 bridgehead atoms. The molecular weight excluding hydrogens is 370 g/mol. The van der Waals surface area contributed by atoms with Gasteiger partial charge in [0.05, 0.1) is 20.3 Å². The van der Waals surface area contributed by atoms with Crippen molar-refractivity contribution < 1.29 is 19.1 Å². The first kappa shape index (κ1) is 20.7. The first-order valence-electron chi connectivity index (χ1n) is 9.63. The average molecular weight is 397 g/mol. The third kappa shape index (κ3) is 4.51. The summed E-state index contributed by atoms with van der Waals surface area (Å²) < 4.78 is 10.9. The van der Waals surface area contributed by atoms with E-state index in [0.29, 0.717) is 11.3 Å². The van der Waals surface area contributed by atoms with Crippen molar-refractivity contribution in [1.82, 2.24) is 4.90 Å². The molecule has 0 aliphatic carbocycles. The van der Waals surface area contributed by atoms with Crippen molar-refractivity contribution in [2.24, 2.45) is 5.73 Å². The Morgan fingerprint density at radius 2 is 1.86 bits per heavy atom. The van der Waals surface area contributed by atoms with Crippen LogP contribution in [0.1, 0.15) is 41.7 Å². The topological polar surface area (TPSA) is 93.9 Å². The molecule has 154 valence electrons. The van der Waals surface area contributed by atoms with Crippen LogP contribution in [0, 0.1) is 0 Å². The van der Waals surface area contributed by atoms with Crippen LogP contribution >= 0.6 is 0 Å². The van der Waals surface area contributed by atoms with Crippen LogP contribution in [-0.2, 0) is 4.79 Å². The maximum absolute atomic E-state index is 12.9. The predicted molar refractivity (Wildman–Crippen MR) is 111 cm³/mol. The van der Waals surface area contributed by atoms with Gasteiger partial charge in [0.25, 0.3) is 0 Å². The summed E-state index contributed by atoms with van der Waals surface area (Å²) in [5, 5.41) is 2.92. The zero-order valence-electron chi connectivity index (χ0n) is 17.0. The zero-order chi connectivity index (χ0) is 21.0. The quantitative estimate of drug-likeness (QED) is 0.749. The molecule has 0 aromatic heterocycles. The summed E-state index contributed by atoms with van der Waals surface area (Å²) in [6.45, 7) is 2.73. The van der Waals surface area contributed by atoms with Gasteiger partial charge in [0.15, 0.2) is 0 Å².